The van der Waals surface area contributed by atoms with Gasteiger partial charge in [0.2, 0.25) is 0 Å². The molecule has 0 aliphatic carbocycles. The Morgan fingerprint density at radius 1 is 1.33 bits per heavy atom. The van der Waals surface area contributed by atoms with Crippen LogP contribution in [-0.4, -0.2) is 0 Å². The smallest absolute Gasteiger partial charge is 0.106 e. The van der Waals surface area contributed by atoms with Crippen molar-refractivity contribution in [3.63, 3.8) is 0 Å². The molecule has 1 unspecified atom stereocenters. The summed E-state index contributed by atoms with van der Waals surface area (Å²) < 4.78 is 6.21. The summed E-state index contributed by atoms with van der Waals surface area (Å²) in [5, 5.41) is -0.167. The standard InChI is InChI=1S/C11H10Cl2OS/c1-6-5-8(7(2)14-6)11(13)9-3-4-10(12)15-9/h3-5,11H,1-2H3. The zero-order chi connectivity index (χ0) is 11.0. The Hall–Kier alpha value is -0.440. The average molecular weight is 261 g/mol. The van der Waals surface area contributed by atoms with Crippen LogP contribution in [0.1, 0.15) is 27.3 Å². The predicted molar refractivity (Wildman–Crippen MR) is 65.2 cm³/mol. The molecule has 2 aromatic heterocycles. The van der Waals surface area contributed by atoms with Crippen molar-refractivity contribution in [2.75, 3.05) is 0 Å². The van der Waals surface area contributed by atoms with Crippen LogP contribution in [0.25, 0.3) is 0 Å². The summed E-state index contributed by atoms with van der Waals surface area (Å²) in [6.07, 6.45) is 0. The van der Waals surface area contributed by atoms with Crippen LogP contribution in [0.4, 0.5) is 0 Å². The van der Waals surface area contributed by atoms with Crippen molar-refractivity contribution in [1.82, 2.24) is 0 Å². The Kier molecular flexibility index (Phi) is 3.10. The monoisotopic (exact) mass is 260 g/mol. The molecule has 15 heavy (non-hydrogen) atoms. The van der Waals surface area contributed by atoms with Gasteiger partial charge in [-0.05, 0) is 32.0 Å². The Balaban J connectivity index is 2.35. The molecule has 0 saturated carbocycles. The third-order valence-corrected chi connectivity index (χ3v) is 4.09. The summed E-state index contributed by atoms with van der Waals surface area (Å²) in [6.45, 7) is 3.84. The lowest BCUT2D eigenvalue weighted by Crippen LogP contribution is -1.89. The predicted octanol–water partition coefficient (Wildman–Crippen LogP) is 4.94. The van der Waals surface area contributed by atoms with Crippen molar-refractivity contribution in [2.24, 2.45) is 0 Å². The Morgan fingerprint density at radius 3 is 2.53 bits per heavy atom. The molecule has 0 radical (unpaired) electrons. The van der Waals surface area contributed by atoms with Crippen LogP contribution < -0.4 is 0 Å². The first-order chi connectivity index (χ1) is 7.08. The molecule has 2 rings (SSSR count). The number of hydrogen-bond acceptors (Lipinski definition) is 2. The highest BCUT2D eigenvalue weighted by atomic mass is 35.5. The van der Waals surface area contributed by atoms with E-state index in [0.717, 1.165) is 26.3 Å². The highest BCUT2D eigenvalue weighted by Crippen LogP contribution is 2.37. The summed E-state index contributed by atoms with van der Waals surface area (Å²) in [7, 11) is 0. The van der Waals surface area contributed by atoms with E-state index >= 15 is 0 Å². The van der Waals surface area contributed by atoms with E-state index in [1.807, 2.05) is 32.0 Å². The number of rotatable bonds is 2. The van der Waals surface area contributed by atoms with E-state index in [1.165, 1.54) is 11.3 Å². The number of alkyl halides is 1. The number of aryl methyl sites for hydroxylation is 2. The second-order valence-electron chi connectivity index (χ2n) is 3.37. The Bertz CT molecular complexity index is 473. The maximum absolute atomic E-state index is 6.36. The summed E-state index contributed by atoms with van der Waals surface area (Å²) in [6, 6.07) is 5.78. The first-order valence-corrected chi connectivity index (χ1v) is 6.17. The van der Waals surface area contributed by atoms with Gasteiger partial charge in [-0.15, -0.1) is 22.9 Å². The first-order valence-electron chi connectivity index (χ1n) is 4.54. The van der Waals surface area contributed by atoms with E-state index in [4.69, 9.17) is 27.6 Å². The lowest BCUT2D eigenvalue weighted by molar-refractivity contribution is 0.501. The van der Waals surface area contributed by atoms with Crippen LogP contribution in [0.5, 0.6) is 0 Å². The third kappa shape index (κ3) is 2.22. The maximum Gasteiger partial charge on any atom is 0.106 e. The number of thiophene rings is 1. The summed E-state index contributed by atoms with van der Waals surface area (Å²) in [5.74, 6) is 1.76. The molecule has 0 fully saturated rings. The molecule has 80 valence electrons. The zero-order valence-corrected chi connectivity index (χ0v) is 10.7. The molecular weight excluding hydrogens is 251 g/mol. The maximum atomic E-state index is 6.36. The molecule has 0 aromatic carbocycles. The molecule has 0 aliphatic rings. The van der Waals surface area contributed by atoms with Crippen LogP contribution >= 0.6 is 34.5 Å². The molecule has 4 heteroatoms. The van der Waals surface area contributed by atoms with Gasteiger partial charge in [0.15, 0.2) is 0 Å². The molecule has 0 amide bonds. The molecule has 1 nitrogen and oxygen atoms in total. The largest absolute Gasteiger partial charge is 0.466 e. The molecule has 0 saturated heterocycles. The van der Waals surface area contributed by atoms with Gasteiger partial charge < -0.3 is 4.42 Å². The minimum Gasteiger partial charge on any atom is -0.466 e. The molecule has 2 aromatic rings. The second-order valence-corrected chi connectivity index (χ2v) is 5.56. The number of halogens is 2. The van der Waals surface area contributed by atoms with Crippen molar-refractivity contribution in [3.8, 4) is 0 Å². The fourth-order valence-corrected chi connectivity index (χ4v) is 3.00. The summed E-state index contributed by atoms with van der Waals surface area (Å²) in [5.41, 5.74) is 1.02. The van der Waals surface area contributed by atoms with Crippen molar-refractivity contribution in [3.05, 3.63) is 44.5 Å². The van der Waals surface area contributed by atoms with E-state index in [-0.39, 0.29) is 5.38 Å². The SMILES string of the molecule is Cc1cc(C(Cl)c2ccc(Cl)s2)c(C)o1. The minimum absolute atomic E-state index is 0.167. The summed E-state index contributed by atoms with van der Waals surface area (Å²) >= 11 is 13.7. The van der Waals surface area contributed by atoms with Gasteiger partial charge in [-0.1, -0.05) is 11.6 Å². The van der Waals surface area contributed by atoms with Gasteiger partial charge in [0.1, 0.15) is 11.5 Å². The van der Waals surface area contributed by atoms with E-state index in [9.17, 15) is 0 Å². The highest BCUT2D eigenvalue weighted by molar-refractivity contribution is 7.16. The van der Waals surface area contributed by atoms with Gasteiger partial charge in [-0.3, -0.25) is 0 Å². The van der Waals surface area contributed by atoms with Gasteiger partial charge in [0.05, 0.1) is 9.71 Å². The Labute approximate surface area is 103 Å². The topological polar surface area (TPSA) is 13.1 Å². The molecule has 0 aliphatic heterocycles. The van der Waals surface area contributed by atoms with E-state index in [2.05, 4.69) is 0 Å². The van der Waals surface area contributed by atoms with Gasteiger partial charge in [-0.25, -0.2) is 0 Å². The fraction of sp³-hybridized carbons (Fsp3) is 0.273. The van der Waals surface area contributed by atoms with Crippen molar-refractivity contribution >= 4 is 34.5 Å². The van der Waals surface area contributed by atoms with Crippen LogP contribution in [0, 0.1) is 13.8 Å². The normalized spacial score (nSPS) is 13.1. The zero-order valence-electron chi connectivity index (χ0n) is 8.38. The average Bonchev–Trinajstić information content (AvgIpc) is 2.71. The highest BCUT2D eigenvalue weighted by Gasteiger charge is 2.18. The van der Waals surface area contributed by atoms with Crippen molar-refractivity contribution in [2.45, 2.75) is 19.2 Å². The minimum atomic E-state index is -0.167. The Morgan fingerprint density at radius 2 is 2.07 bits per heavy atom. The molecule has 1 atom stereocenters. The number of hydrogen-bond donors (Lipinski definition) is 0. The first kappa shape index (κ1) is 11.1. The van der Waals surface area contributed by atoms with Crippen LogP contribution in [0.2, 0.25) is 4.34 Å². The van der Waals surface area contributed by atoms with Crippen LogP contribution in [-0.2, 0) is 0 Å². The van der Waals surface area contributed by atoms with Crippen LogP contribution in [0.15, 0.2) is 22.6 Å². The van der Waals surface area contributed by atoms with Gasteiger partial charge in [0, 0.05) is 10.4 Å². The molecule has 0 N–H and O–H groups in total. The fourth-order valence-electron chi connectivity index (χ4n) is 1.52. The second kappa shape index (κ2) is 4.20. The van der Waals surface area contributed by atoms with Crippen molar-refractivity contribution < 1.29 is 4.42 Å². The van der Waals surface area contributed by atoms with Crippen LogP contribution in [0.3, 0.4) is 0 Å². The third-order valence-electron chi connectivity index (χ3n) is 2.20. The van der Waals surface area contributed by atoms with E-state index in [1.54, 1.807) is 0 Å². The number of furan rings is 1. The van der Waals surface area contributed by atoms with E-state index < -0.39 is 0 Å². The molecule has 2 heterocycles. The van der Waals surface area contributed by atoms with Crippen molar-refractivity contribution in [1.29, 1.82) is 0 Å². The van der Waals surface area contributed by atoms with E-state index in [0.29, 0.717) is 0 Å². The lowest BCUT2D eigenvalue weighted by Gasteiger charge is -2.04. The van der Waals surface area contributed by atoms with Gasteiger partial charge >= 0.3 is 0 Å². The van der Waals surface area contributed by atoms with Gasteiger partial charge in [-0.2, -0.15) is 0 Å². The molecular formula is C11H10Cl2OS. The summed E-state index contributed by atoms with van der Waals surface area (Å²) in [4.78, 5) is 1.05. The van der Waals surface area contributed by atoms with Gasteiger partial charge in [0.25, 0.3) is 0 Å². The molecule has 0 spiro atoms. The quantitative estimate of drug-likeness (QED) is 0.698. The lowest BCUT2D eigenvalue weighted by atomic mass is 10.1. The molecule has 0 bridgehead atoms.